The Morgan fingerprint density at radius 1 is 1.15 bits per heavy atom. The van der Waals surface area contributed by atoms with Crippen molar-refractivity contribution in [1.29, 1.82) is 0 Å². The number of carbonyl (C=O) groups is 1. The van der Waals surface area contributed by atoms with Crippen molar-refractivity contribution >= 4 is 11.6 Å². The largest absolute Gasteiger partial charge is 0.507 e. The van der Waals surface area contributed by atoms with Crippen molar-refractivity contribution < 1.29 is 14.6 Å². The number of fused-ring (bicyclic) bond motifs is 1. The summed E-state index contributed by atoms with van der Waals surface area (Å²) >= 11 is 0. The fraction of sp³-hybridized carbons (Fsp3) is 0.519. The number of ether oxygens (including phenoxy) is 1. The van der Waals surface area contributed by atoms with Gasteiger partial charge in [-0.1, -0.05) is 26.0 Å². The molecule has 1 amide bonds. The summed E-state index contributed by atoms with van der Waals surface area (Å²) in [6.07, 6.45) is 0.865. The highest BCUT2D eigenvalue weighted by molar-refractivity contribution is 5.79. The zero-order chi connectivity index (χ0) is 23.9. The molecule has 2 aromatic carbocycles. The van der Waals surface area contributed by atoms with Gasteiger partial charge in [0.15, 0.2) is 0 Å². The average molecular weight is 452 g/mol. The number of benzene rings is 2. The smallest absolute Gasteiger partial charge is 0.237 e. The van der Waals surface area contributed by atoms with Crippen LogP contribution in [0.1, 0.15) is 42.1 Å². The molecule has 0 saturated carbocycles. The number of anilines is 1. The molecule has 1 aliphatic carbocycles. The van der Waals surface area contributed by atoms with E-state index in [1.54, 1.807) is 7.11 Å². The molecule has 1 fully saturated rings. The van der Waals surface area contributed by atoms with Gasteiger partial charge in [-0.3, -0.25) is 9.69 Å². The van der Waals surface area contributed by atoms with Crippen LogP contribution in [-0.4, -0.2) is 67.7 Å². The molecule has 0 aromatic heterocycles. The summed E-state index contributed by atoms with van der Waals surface area (Å²) in [5.41, 5.74) is 5.24. The van der Waals surface area contributed by atoms with Gasteiger partial charge < -0.3 is 19.6 Å². The minimum atomic E-state index is -0.131. The number of methoxy groups -OCH3 is 1. The molecule has 0 radical (unpaired) electrons. The SMILES string of the molecule is COc1cccc(N2CCN(CC(=O)N(C)C3c4c(O)c(C)cc(C)c4CC3(C)C)CC2)c1. The number of nitrogens with zero attached hydrogens (tertiary/aromatic N) is 3. The van der Waals surface area contributed by atoms with E-state index in [0.29, 0.717) is 12.3 Å². The quantitative estimate of drug-likeness (QED) is 0.747. The van der Waals surface area contributed by atoms with Crippen LogP contribution in [0.15, 0.2) is 30.3 Å². The van der Waals surface area contributed by atoms with Gasteiger partial charge in [0.25, 0.3) is 0 Å². The average Bonchev–Trinajstić information content (AvgIpc) is 3.09. The number of hydrogen-bond acceptors (Lipinski definition) is 5. The van der Waals surface area contributed by atoms with E-state index >= 15 is 0 Å². The predicted molar refractivity (Wildman–Crippen MR) is 132 cm³/mol. The molecule has 1 heterocycles. The van der Waals surface area contributed by atoms with E-state index in [0.717, 1.165) is 55.2 Å². The maximum Gasteiger partial charge on any atom is 0.237 e. The molecule has 1 unspecified atom stereocenters. The number of hydrogen-bond donors (Lipinski definition) is 1. The Labute approximate surface area is 197 Å². The summed E-state index contributed by atoms with van der Waals surface area (Å²) in [5, 5.41) is 10.9. The Bertz CT molecular complexity index is 1040. The summed E-state index contributed by atoms with van der Waals surface area (Å²) in [6, 6.07) is 10.1. The molecule has 1 aliphatic heterocycles. The van der Waals surface area contributed by atoms with Crippen LogP contribution in [0.2, 0.25) is 0 Å². The first-order valence-corrected chi connectivity index (χ1v) is 11.8. The van der Waals surface area contributed by atoms with Gasteiger partial charge in [-0.2, -0.15) is 0 Å². The van der Waals surface area contributed by atoms with Crippen molar-refractivity contribution in [3.63, 3.8) is 0 Å². The van der Waals surface area contributed by atoms with Gasteiger partial charge in [-0.05, 0) is 54.5 Å². The second-order valence-electron chi connectivity index (χ2n) is 10.3. The Morgan fingerprint density at radius 2 is 1.85 bits per heavy atom. The van der Waals surface area contributed by atoms with Crippen molar-refractivity contribution in [3.05, 3.63) is 52.6 Å². The fourth-order valence-corrected chi connectivity index (χ4v) is 5.66. The summed E-state index contributed by atoms with van der Waals surface area (Å²) in [4.78, 5) is 19.8. The summed E-state index contributed by atoms with van der Waals surface area (Å²) in [7, 11) is 3.58. The normalized spacial score (nSPS) is 19.9. The minimum absolute atomic E-state index is 0.106. The van der Waals surface area contributed by atoms with Gasteiger partial charge in [0, 0.05) is 50.5 Å². The molecule has 6 heteroatoms. The van der Waals surface area contributed by atoms with Crippen molar-refractivity contribution in [2.24, 2.45) is 5.41 Å². The molecule has 2 aromatic rings. The van der Waals surface area contributed by atoms with Crippen LogP contribution in [0.4, 0.5) is 5.69 Å². The zero-order valence-electron chi connectivity index (χ0n) is 20.8. The number of piperazine rings is 1. The lowest BCUT2D eigenvalue weighted by Gasteiger charge is -2.39. The lowest BCUT2D eigenvalue weighted by molar-refractivity contribution is -0.135. The van der Waals surface area contributed by atoms with Crippen LogP contribution in [0, 0.1) is 19.3 Å². The van der Waals surface area contributed by atoms with Crippen molar-refractivity contribution in [3.8, 4) is 11.5 Å². The highest BCUT2D eigenvalue weighted by Gasteiger charge is 2.45. The zero-order valence-corrected chi connectivity index (χ0v) is 20.8. The third-order valence-electron chi connectivity index (χ3n) is 7.44. The van der Waals surface area contributed by atoms with Crippen LogP contribution >= 0.6 is 0 Å². The first kappa shape index (κ1) is 23.4. The molecule has 1 N–H and O–H groups in total. The van der Waals surface area contributed by atoms with Gasteiger partial charge >= 0.3 is 0 Å². The number of carbonyl (C=O) groups excluding carboxylic acids is 1. The standard InChI is InChI=1S/C27H37N3O3/c1-18-14-19(2)25(32)24-22(18)16-27(3,4)26(24)28(5)23(31)17-29-10-12-30(13-11-29)20-8-7-9-21(15-20)33-6/h7-9,14-15,26,32H,10-13,16-17H2,1-6H3. The molecule has 178 valence electrons. The van der Waals surface area contributed by atoms with E-state index < -0.39 is 0 Å². The molecule has 6 nitrogen and oxygen atoms in total. The molecular formula is C27H37N3O3. The third kappa shape index (κ3) is 4.41. The topological polar surface area (TPSA) is 56.2 Å². The van der Waals surface area contributed by atoms with E-state index in [1.165, 1.54) is 11.1 Å². The Balaban J connectivity index is 1.44. The van der Waals surface area contributed by atoms with Gasteiger partial charge in [-0.25, -0.2) is 0 Å². The van der Waals surface area contributed by atoms with E-state index in [-0.39, 0.29) is 17.4 Å². The van der Waals surface area contributed by atoms with Crippen LogP contribution in [0.25, 0.3) is 0 Å². The van der Waals surface area contributed by atoms with Crippen molar-refractivity contribution in [2.75, 3.05) is 51.8 Å². The molecule has 4 rings (SSSR count). The van der Waals surface area contributed by atoms with E-state index in [2.05, 4.69) is 48.8 Å². The number of aromatic hydroxyl groups is 1. The Kier molecular flexibility index (Phi) is 6.32. The maximum absolute atomic E-state index is 13.4. The van der Waals surface area contributed by atoms with Crippen LogP contribution in [0.3, 0.4) is 0 Å². The number of likely N-dealkylation sites (N-methyl/N-ethyl adjacent to an activating group) is 1. The second-order valence-corrected chi connectivity index (χ2v) is 10.3. The van der Waals surface area contributed by atoms with Crippen molar-refractivity contribution in [1.82, 2.24) is 9.80 Å². The molecule has 2 aliphatic rings. The number of aryl methyl sites for hydroxylation is 2. The summed E-state index contributed by atoms with van der Waals surface area (Å²) in [6.45, 7) is 12.3. The second kappa shape index (κ2) is 8.90. The number of rotatable bonds is 5. The predicted octanol–water partition coefficient (Wildman–Crippen LogP) is 3.92. The monoisotopic (exact) mass is 451 g/mol. The van der Waals surface area contributed by atoms with Gasteiger partial charge in [0.2, 0.25) is 5.91 Å². The highest BCUT2D eigenvalue weighted by atomic mass is 16.5. The number of phenols is 1. The molecular weight excluding hydrogens is 414 g/mol. The Hall–Kier alpha value is -2.73. The highest BCUT2D eigenvalue weighted by Crippen LogP contribution is 2.53. The number of phenolic OH excluding ortho intramolecular Hbond substituents is 1. The Morgan fingerprint density at radius 3 is 2.52 bits per heavy atom. The summed E-state index contributed by atoms with van der Waals surface area (Å²) in [5.74, 6) is 1.31. The molecule has 0 spiro atoms. The maximum atomic E-state index is 13.4. The van der Waals surface area contributed by atoms with Crippen molar-refractivity contribution in [2.45, 2.75) is 40.2 Å². The lowest BCUT2D eigenvalue weighted by atomic mass is 9.84. The fourth-order valence-electron chi connectivity index (χ4n) is 5.66. The first-order chi connectivity index (χ1) is 15.6. The lowest BCUT2D eigenvalue weighted by Crippen LogP contribution is -2.50. The van der Waals surface area contributed by atoms with E-state index in [1.807, 2.05) is 31.0 Å². The molecule has 1 saturated heterocycles. The third-order valence-corrected chi connectivity index (χ3v) is 7.44. The summed E-state index contributed by atoms with van der Waals surface area (Å²) < 4.78 is 5.35. The van der Waals surface area contributed by atoms with Gasteiger partial charge in [0.05, 0.1) is 19.7 Å². The molecule has 33 heavy (non-hydrogen) atoms. The van der Waals surface area contributed by atoms with E-state index in [9.17, 15) is 9.90 Å². The molecule has 0 bridgehead atoms. The minimum Gasteiger partial charge on any atom is -0.507 e. The van der Waals surface area contributed by atoms with Crippen LogP contribution in [0.5, 0.6) is 11.5 Å². The van der Waals surface area contributed by atoms with Crippen LogP contribution in [-0.2, 0) is 11.2 Å². The number of amides is 1. The van der Waals surface area contributed by atoms with Crippen LogP contribution < -0.4 is 9.64 Å². The molecule has 1 atom stereocenters. The first-order valence-electron chi connectivity index (χ1n) is 11.8. The van der Waals surface area contributed by atoms with Gasteiger partial charge in [-0.15, -0.1) is 0 Å². The van der Waals surface area contributed by atoms with Gasteiger partial charge in [0.1, 0.15) is 11.5 Å². The van der Waals surface area contributed by atoms with E-state index in [4.69, 9.17) is 4.74 Å².